The lowest BCUT2D eigenvalue weighted by Crippen LogP contribution is -2.32. The van der Waals surface area contributed by atoms with Gasteiger partial charge in [0, 0.05) is 37.9 Å². The van der Waals surface area contributed by atoms with Gasteiger partial charge in [0.05, 0.1) is 11.1 Å². The Morgan fingerprint density at radius 3 is 2.90 bits per heavy atom. The monoisotopic (exact) mass is 393 g/mol. The predicted octanol–water partition coefficient (Wildman–Crippen LogP) is 1.77. The fraction of sp³-hybridized carbons (Fsp3) is 0.381. The summed E-state index contributed by atoms with van der Waals surface area (Å²) in [6.45, 7) is 6.44. The van der Waals surface area contributed by atoms with Gasteiger partial charge in [-0.1, -0.05) is 6.07 Å². The average molecular weight is 393 g/mol. The number of primary amides is 1. The molecule has 1 fully saturated rings. The van der Waals surface area contributed by atoms with Crippen molar-refractivity contribution in [3.8, 4) is 11.4 Å². The zero-order chi connectivity index (χ0) is 20.2. The average Bonchev–Trinajstić information content (AvgIpc) is 3.05. The Hall–Kier alpha value is -2.97. The number of para-hydroxylation sites is 1. The van der Waals surface area contributed by atoms with Gasteiger partial charge in [0.2, 0.25) is 0 Å². The summed E-state index contributed by atoms with van der Waals surface area (Å²) in [7, 11) is 2.18. The third-order valence-corrected chi connectivity index (χ3v) is 5.36. The number of carbonyl (C=O) groups is 1. The molecule has 1 aliphatic heterocycles. The number of pyridine rings is 1. The number of imidazole rings is 1. The summed E-state index contributed by atoms with van der Waals surface area (Å²) in [5, 5.41) is 3.39. The second-order valence-corrected chi connectivity index (χ2v) is 7.51. The number of nitrogens with one attached hydrogen (secondary N) is 2. The summed E-state index contributed by atoms with van der Waals surface area (Å²) in [5.74, 6) is 1.03. The number of benzene rings is 1. The van der Waals surface area contributed by atoms with Crippen LogP contribution < -0.4 is 11.1 Å². The predicted molar refractivity (Wildman–Crippen MR) is 115 cm³/mol. The van der Waals surface area contributed by atoms with Gasteiger partial charge in [-0.15, -0.1) is 0 Å². The smallest absolute Gasteiger partial charge is 0.250 e. The number of amides is 1. The van der Waals surface area contributed by atoms with Crippen LogP contribution in [0.3, 0.4) is 0 Å². The molecule has 0 spiro atoms. The number of aromatic nitrogens is 3. The first-order chi connectivity index (χ1) is 14.1. The van der Waals surface area contributed by atoms with Crippen molar-refractivity contribution in [3.63, 3.8) is 0 Å². The Morgan fingerprint density at radius 1 is 1.21 bits per heavy atom. The second kappa shape index (κ2) is 8.59. The van der Waals surface area contributed by atoms with Crippen molar-refractivity contribution in [2.45, 2.75) is 6.42 Å². The highest BCUT2D eigenvalue weighted by atomic mass is 16.1. The highest BCUT2D eigenvalue weighted by Crippen LogP contribution is 2.23. The minimum absolute atomic E-state index is 0.413. The number of H-pyrrole nitrogens is 1. The molecule has 29 heavy (non-hydrogen) atoms. The van der Waals surface area contributed by atoms with Gasteiger partial charge in [0.1, 0.15) is 17.2 Å². The van der Waals surface area contributed by atoms with Crippen LogP contribution in [0.4, 0.5) is 5.82 Å². The molecule has 1 aliphatic rings. The molecule has 0 unspecified atom stereocenters. The second-order valence-electron chi connectivity index (χ2n) is 7.51. The fourth-order valence-electron chi connectivity index (χ4n) is 3.67. The molecule has 4 rings (SSSR count). The first kappa shape index (κ1) is 19.4. The summed E-state index contributed by atoms with van der Waals surface area (Å²) >= 11 is 0. The molecule has 1 amide bonds. The van der Waals surface area contributed by atoms with E-state index in [1.54, 1.807) is 18.3 Å². The topological polar surface area (TPSA) is 103 Å². The summed E-state index contributed by atoms with van der Waals surface area (Å²) in [4.78, 5) is 28.8. The summed E-state index contributed by atoms with van der Waals surface area (Å²) in [6.07, 6.45) is 3.00. The Kier molecular flexibility index (Phi) is 5.73. The number of carbonyl (C=O) groups excluding carboxylic acids is 1. The van der Waals surface area contributed by atoms with Crippen LogP contribution in [-0.2, 0) is 0 Å². The zero-order valence-corrected chi connectivity index (χ0v) is 16.7. The van der Waals surface area contributed by atoms with Gasteiger partial charge in [-0.3, -0.25) is 4.79 Å². The lowest BCUT2D eigenvalue weighted by Gasteiger charge is -2.20. The molecule has 8 heteroatoms. The van der Waals surface area contributed by atoms with Crippen LogP contribution in [0.15, 0.2) is 36.5 Å². The number of nitrogens with two attached hydrogens (primary N) is 1. The minimum Gasteiger partial charge on any atom is -0.369 e. The Labute approximate surface area is 170 Å². The van der Waals surface area contributed by atoms with Crippen molar-refractivity contribution < 1.29 is 4.79 Å². The minimum atomic E-state index is -0.484. The van der Waals surface area contributed by atoms with Crippen LogP contribution in [0.25, 0.3) is 22.4 Å². The summed E-state index contributed by atoms with van der Waals surface area (Å²) < 4.78 is 0. The van der Waals surface area contributed by atoms with Crippen molar-refractivity contribution >= 4 is 22.8 Å². The van der Waals surface area contributed by atoms with E-state index in [9.17, 15) is 4.79 Å². The fourth-order valence-corrected chi connectivity index (χ4v) is 3.67. The van der Waals surface area contributed by atoms with E-state index in [0.29, 0.717) is 16.9 Å². The van der Waals surface area contributed by atoms with Gasteiger partial charge in [-0.2, -0.15) is 0 Å². The van der Waals surface area contributed by atoms with Crippen LogP contribution in [0.1, 0.15) is 16.8 Å². The van der Waals surface area contributed by atoms with Crippen molar-refractivity contribution in [2.24, 2.45) is 5.73 Å². The van der Waals surface area contributed by atoms with E-state index < -0.39 is 5.91 Å². The molecule has 0 atom stereocenters. The van der Waals surface area contributed by atoms with Gasteiger partial charge in [0.25, 0.3) is 5.91 Å². The van der Waals surface area contributed by atoms with Gasteiger partial charge in [-0.05, 0) is 50.8 Å². The Bertz CT molecular complexity index is 982. The number of fused-ring (bicyclic) bond motifs is 1. The van der Waals surface area contributed by atoms with Crippen LogP contribution in [0.2, 0.25) is 0 Å². The van der Waals surface area contributed by atoms with E-state index in [4.69, 9.17) is 5.73 Å². The molecule has 0 aliphatic carbocycles. The molecule has 0 saturated carbocycles. The first-order valence-electron chi connectivity index (χ1n) is 10.00. The molecule has 4 N–H and O–H groups in total. The van der Waals surface area contributed by atoms with E-state index >= 15 is 0 Å². The van der Waals surface area contributed by atoms with E-state index in [1.165, 1.54) is 13.0 Å². The van der Waals surface area contributed by atoms with Crippen LogP contribution >= 0.6 is 0 Å². The molecule has 0 bridgehead atoms. The molecule has 152 valence electrons. The van der Waals surface area contributed by atoms with Crippen LogP contribution in [0.5, 0.6) is 0 Å². The maximum atomic E-state index is 11.6. The number of hydrogen-bond acceptors (Lipinski definition) is 6. The molecular weight excluding hydrogens is 366 g/mol. The quantitative estimate of drug-likeness (QED) is 0.590. The Balaban J connectivity index is 1.38. The normalized spacial score (nSPS) is 16.0. The molecular formula is C21H27N7O. The van der Waals surface area contributed by atoms with Gasteiger partial charge < -0.3 is 25.8 Å². The lowest BCUT2D eigenvalue weighted by molar-refractivity contribution is 0.100. The number of anilines is 1. The maximum absolute atomic E-state index is 11.6. The number of nitrogens with zero attached hydrogens (tertiary/aromatic N) is 4. The van der Waals surface area contributed by atoms with Crippen molar-refractivity contribution in [1.29, 1.82) is 0 Å². The van der Waals surface area contributed by atoms with E-state index in [1.807, 2.05) is 18.2 Å². The van der Waals surface area contributed by atoms with Gasteiger partial charge >= 0.3 is 0 Å². The van der Waals surface area contributed by atoms with Crippen molar-refractivity contribution in [3.05, 3.63) is 42.1 Å². The highest BCUT2D eigenvalue weighted by molar-refractivity contribution is 6.04. The largest absolute Gasteiger partial charge is 0.369 e. The standard InChI is InChI=1S/C21H27N7O/c1-27-9-3-10-28(13-12-27)11-8-23-18-7-6-15(14-24-18)21-25-17-5-2-4-16(20(22)29)19(17)26-21/h2,4-7,14H,3,8-13H2,1H3,(H2,22,29)(H,23,24)(H,25,26). The molecule has 3 aromatic rings. The number of hydrogen-bond donors (Lipinski definition) is 3. The van der Waals surface area contributed by atoms with E-state index in [2.05, 4.69) is 37.1 Å². The molecule has 0 radical (unpaired) electrons. The van der Waals surface area contributed by atoms with E-state index in [0.717, 1.165) is 49.6 Å². The maximum Gasteiger partial charge on any atom is 0.250 e. The summed E-state index contributed by atoms with van der Waals surface area (Å²) in [6, 6.07) is 9.27. The number of likely N-dealkylation sites (N-methyl/N-ethyl adjacent to an activating group) is 1. The third kappa shape index (κ3) is 4.55. The zero-order valence-electron chi connectivity index (χ0n) is 16.7. The van der Waals surface area contributed by atoms with Crippen LogP contribution in [-0.4, -0.2) is 77.0 Å². The third-order valence-electron chi connectivity index (χ3n) is 5.36. The number of rotatable bonds is 6. The molecule has 1 aromatic carbocycles. The lowest BCUT2D eigenvalue weighted by atomic mass is 10.2. The number of aromatic amines is 1. The molecule has 3 heterocycles. The molecule has 8 nitrogen and oxygen atoms in total. The Morgan fingerprint density at radius 2 is 2.10 bits per heavy atom. The summed E-state index contributed by atoms with van der Waals surface area (Å²) in [5.41, 5.74) is 8.08. The van der Waals surface area contributed by atoms with Gasteiger partial charge in [-0.25, -0.2) is 9.97 Å². The SMILES string of the molecule is CN1CCCN(CCNc2ccc(-c3nc4c(C(N)=O)cccc4[nH]3)cn2)CC1. The highest BCUT2D eigenvalue weighted by Gasteiger charge is 2.13. The van der Waals surface area contributed by atoms with Crippen molar-refractivity contribution in [2.75, 3.05) is 51.6 Å². The molecule has 2 aromatic heterocycles. The van der Waals surface area contributed by atoms with Crippen LogP contribution in [0, 0.1) is 0 Å². The molecule has 1 saturated heterocycles. The van der Waals surface area contributed by atoms with Gasteiger partial charge in [0.15, 0.2) is 0 Å². The van der Waals surface area contributed by atoms with E-state index in [-0.39, 0.29) is 0 Å². The first-order valence-corrected chi connectivity index (χ1v) is 10.00. The van der Waals surface area contributed by atoms with Crippen molar-refractivity contribution in [1.82, 2.24) is 24.8 Å².